The van der Waals surface area contributed by atoms with Crippen LogP contribution in [0.5, 0.6) is 0 Å². The van der Waals surface area contributed by atoms with Crippen molar-refractivity contribution in [3.05, 3.63) is 102 Å². The highest BCUT2D eigenvalue weighted by Crippen LogP contribution is 2.52. The first-order valence-electron chi connectivity index (χ1n) is 14.5. The number of rotatable bonds is 13. The lowest BCUT2D eigenvalue weighted by molar-refractivity contribution is 0.250. The summed E-state index contributed by atoms with van der Waals surface area (Å²) in [5, 5.41) is 29.6. The Kier molecular flexibility index (Phi) is 8.82. The molecule has 0 aliphatic carbocycles. The van der Waals surface area contributed by atoms with Gasteiger partial charge in [-0.3, -0.25) is 9.88 Å². The number of nitrogens with one attached hydrogen (secondary N) is 1. The van der Waals surface area contributed by atoms with Crippen LogP contribution in [0.1, 0.15) is 35.8 Å². The molecule has 224 valence electrons. The molecule has 1 unspecified atom stereocenters. The van der Waals surface area contributed by atoms with Gasteiger partial charge in [-0.2, -0.15) is 5.26 Å². The molecule has 11 heteroatoms. The first kappa shape index (κ1) is 29.7. The predicted molar refractivity (Wildman–Crippen MR) is 169 cm³/mol. The maximum atomic E-state index is 14.0. The second-order valence-corrected chi connectivity index (χ2v) is 13.1. The van der Waals surface area contributed by atoms with Crippen molar-refractivity contribution in [2.24, 2.45) is 0 Å². The van der Waals surface area contributed by atoms with Crippen molar-refractivity contribution in [1.82, 2.24) is 25.5 Å². The largest absolute Gasteiger partial charge is 0.456 e. The molecule has 2 aromatic heterocycles. The van der Waals surface area contributed by atoms with Gasteiger partial charge >= 0.3 is 7.60 Å². The number of nitrogens with zero attached hydrogens (tertiary/aromatic N) is 5. The average Bonchev–Trinajstić information content (AvgIpc) is 3.69. The molecule has 0 amide bonds. The van der Waals surface area contributed by atoms with Crippen molar-refractivity contribution in [3.63, 3.8) is 0 Å². The standard InChI is InChI=1S/C33H33N6O4P/c1-41-44(40,42-2)32(18-16-25-11-7-10-24-9-3-4-12-26(24)25)35-29(33-36-37-38-39(33)20-8-19-34)21-23-15-17-28-27-13-5-6-14-30(27)43-31(28)22-23/h3-7,9-15,17,22,29,32,35H,8,16,18,20-21H2,1-2H3/t29-,32?/m0/s1. The Balaban J connectivity index is 1.35. The van der Waals surface area contributed by atoms with E-state index in [1.165, 1.54) is 14.2 Å². The molecule has 10 nitrogen and oxygen atoms in total. The van der Waals surface area contributed by atoms with Crippen LogP contribution in [-0.4, -0.2) is 40.2 Å². The number of fused-ring (bicyclic) bond motifs is 4. The summed E-state index contributed by atoms with van der Waals surface area (Å²) in [6, 6.07) is 30.2. The van der Waals surface area contributed by atoms with Gasteiger partial charge < -0.3 is 13.5 Å². The third-order valence-corrected chi connectivity index (χ3v) is 10.2. The Morgan fingerprint density at radius 3 is 2.52 bits per heavy atom. The summed E-state index contributed by atoms with van der Waals surface area (Å²) < 4.78 is 32.8. The second-order valence-electron chi connectivity index (χ2n) is 10.6. The molecule has 0 bridgehead atoms. The van der Waals surface area contributed by atoms with Crippen LogP contribution in [0.25, 0.3) is 32.7 Å². The Labute approximate surface area is 255 Å². The summed E-state index contributed by atoms with van der Waals surface area (Å²) in [4.78, 5) is 0. The molecular weight excluding hydrogens is 575 g/mol. The zero-order valence-electron chi connectivity index (χ0n) is 24.6. The van der Waals surface area contributed by atoms with Gasteiger partial charge in [-0.25, -0.2) is 4.68 Å². The van der Waals surface area contributed by atoms with E-state index in [9.17, 15) is 9.83 Å². The summed E-state index contributed by atoms with van der Waals surface area (Å²) in [6.07, 6.45) is 1.80. The van der Waals surface area contributed by atoms with Crippen molar-refractivity contribution in [3.8, 4) is 6.07 Å². The summed E-state index contributed by atoms with van der Waals surface area (Å²) in [6.45, 7) is 0.326. The molecule has 0 aliphatic heterocycles. The molecule has 0 saturated carbocycles. The fourth-order valence-corrected chi connectivity index (χ4v) is 7.30. The Morgan fingerprint density at radius 1 is 0.955 bits per heavy atom. The molecule has 2 atom stereocenters. The second kappa shape index (κ2) is 13.1. The van der Waals surface area contributed by atoms with E-state index in [2.05, 4.69) is 63.3 Å². The lowest BCUT2D eigenvalue weighted by Crippen LogP contribution is -2.37. The minimum Gasteiger partial charge on any atom is -0.456 e. The summed E-state index contributed by atoms with van der Waals surface area (Å²) in [7, 11) is -0.802. The van der Waals surface area contributed by atoms with E-state index in [4.69, 9.17) is 13.5 Å². The molecule has 6 aromatic rings. The third kappa shape index (κ3) is 6.01. The van der Waals surface area contributed by atoms with Crippen LogP contribution in [0, 0.1) is 11.3 Å². The van der Waals surface area contributed by atoms with Crippen molar-refractivity contribution in [2.75, 3.05) is 14.2 Å². The molecule has 1 N–H and O–H groups in total. The first-order chi connectivity index (χ1) is 21.5. The molecule has 4 aromatic carbocycles. The SMILES string of the molecule is COP(=O)(OC)C(CCc1cccc2ccccc12)N[C@@H](Cc1ccc2c(c1)oc1ccccc12)c1nnnn1CCC#N. The minimum absolute atomic E-state index is 0.245. The number of furan rings is 1. The van der Waals surface area contributed by atoms with E-state index in [0.717, 1.165) is 43.8 Å². The normalized spacial score (nSPS) is 13.4. The molecule has 0 radical (unpaired) electrons. The molecule has 0 fully saturated rings. The van der Waals surface area contributed by atoms with Crippen LogP contribution in [-0.2, 0) is 33.0 Å². The van der Waals surface area contributed by atoms with Gasteiger partial charge in [0.1, 0.15) is 16.9 Å². The highest BCUT2D eigenvalue weighted by Gasteiger charge is 2.37. The zero-order chi connectivity index (χ0) is 30.5. The average molecular weight is 609 g/mol. The van der Waals surface area contributed by atoms with Crippen LogP contribution in [0.2, 0.25) is 0 Å². The first-order valence-corrected chi connectivity index (χ1v) is 16.1. The number of aromatic nitrogens is 4. The van der Waals surface area contributed by atoms with Crippen LogP contribution >= 0.6 is 7.60 Å². The maximum absolute atomic E-state index is 14.0. The van der Waals surface area contributed by atoms with E-state index >= 15 is 0 Å². The molecule has 0 saturated heterocycles. The van der Waals surface area contributed by atoms with Crippen LogP contribution in [0.15, 0.2) is 89.3 Å². The number of hydrogen-bond donors (Lipinski definition) is 1. The number of para-hydroxylation sites is 1. The molecule has 0 spiro atoms. The highest BCUT2D eigenvalue weighted by molar-refractivity contribution is 7.54. The van der Waals surface area contributed by atoms with Crippen molar-refractivity contribution >= 4 is 40.3 Å². The van der Waals surface area contributed by atoms with E-state index in [-0.39, 0.29) is 6.42 Å². The van der Waals surface area contributed by atoms with Gasteiger partial charge in [0.05, 0.1) is 25.1 Å². The summed E-state index contributed by atoms with van der Waals surface area (Å²) in [5.74, 6) is -0.156. The quantitative estimate of drug-likeness (QED) is 0.138. The number of tetrazole rings is 1. The number of nitriles is 1. The van der Waals surface area contributed by atoms with Crippen LogP contribution in [0.3, 0.4) is 0 Å². The lowest BCUT2D eigenvalue weighted by atomic mass is 10.0. The highest BCUT2D eigenvalue weighted by atomic mass is 31.2. The smallest absolute Gasteiger partial charge is 0.346 e. The van der Waals surface area contributed by atoms with Gasteiger partial charge in [-0.05, 0) is 63.7 Å². The molecular formula is C33H33N6O4P. The minimum atomic E-state index is -3.60. The predicted octanol–water partition coefficient (Wildman–Crippen LogP) is 6.96. The summed E-state index contributed by atoms with van der Waals surface area (Å²) >= 11 is 0. The van der Waals surface area contributed by atoms with Crippen molar-refractivity contribution in [1.29, 1.82) is 5.26 Å². The summed E-state index contributed by atoms with van der Waals surface area (Å²) in [5.41, 5.74) is 3.71. The lowest BCUT2D eigenvalue weighted by Gasteiger charge is -2.29. The Bertz CT molecular complexity index is 1980. The number of benzene rings is 4. The molecule has 2 heterocycles. The number of hydrogen-bond acceptors (Lipinski definition) is 9. The van der Waals surface area contributed by atoms with Gasteiger partial charge in [0.2, 0.25) is 0 Å². The topological polar surface area (TPSA) is 128 Å². The van der Waals surface area contributed by atoms with E-state index in [1.807, 2.05) is 48.5 Å². The maximum Gasteiger partial charge on any atom is 0.346 e. The fraction of sp³-hybridized carbons (Fsp3) is 0.273. The van der Waals surface area contributed by atoms with E-state index < -0.39 is 19.4 Å². The molecule has 0 aliphatic rings. The third-order valence-electron chi connectivity index (χ3n) is 8.04. The molecule has 44 heavy (non-hydrogen) atoms. The van der Waals surface area contributed by atoms with Gasteiger partial charge in [-0.15, -0.1) is 5.10 Å². The van der Waals surface area contributed by atoms with Gasteiger partial charge in [-0.1, -0.05) is 72.8 Å². The zero-order valence-corrected chi connectivity index (χ0v) is 25.5. The molecule has 6 rings (SSSR count). The Morgan fingerprint density at radius 2 is 1.70 bits per heavy atom. The van der Waals surface area contributed by atoms with Crippen LogP contribution < -0.4 is 5.32 Å². The Hall–Kier alpha value is -4.39. The monoisotopic (exact) mass is 608 g/mol. The van der Waals surface area contributed by atoms with Crippen LogP contribution in [0.4, 0.5) is 0 Å². The van der Waals surface area contributed by atoms with E-state index in [1.54, 1.807) is 4.68 Å². The fourth-order valence-electron chi connectivity index (χ4n) is 5.83. The van der Waals surface area contributed by atoms with Gasteiger partial charge in [0.15, 0.2) is 5.82 Å². The number of aryl methyl sites for hydroxylation is 2. The van der Waals surface area contributed by atoms with E-state index in [0.29, 0.717) is 31.6 Å². The van der Waals surface area contributed by atoms with Crippen molar-refractivity contribution < 1.29 is 18.0 Å². The van der Waals surface area contributed by atoms with Crippen molar-refractivity contribution in [2.45, 2.75) is 44.1 Å². The van der Waals surface area contributed by atoms with Gasteiger partial charge in [0.25, 0.3) is 0 Å². The van der Waals surface area contributed by atoms with Gasteiger partial charge in [0, 0.05) is 25.0 Å².